The van der Waals surface area contributed by atoms with E-state index in [2.05, 4.69) is 25.9 Å². The van der Waals surface area contributed by atoms with Crippen molar-refractivity contribution in [1.82, 2.24) is 35.7 Å². The average Bonchev–Trinajstić information content (AvgIpc) is 3.96. The number of hydrogen-bond donors (Lipinski definition) is 4. The number of amides is 4. The van der Waals surface area contributed by atoms with E-state index in [1.807, 2.05) is 72.8 Å². The van der Waals surface area contributed by atoms with Gasteiger partial charge in [-0.3, -0.25) is 29.1 Å². The molecule has 4 heterocycles. The molecule has 8 rings (SSSR count). The zero-order chi connectivity index (χ0) is 55.5. The summed E-state index contributed by atoms with van der Waals surface area (Å²) >= 11 is 0. The van der Waals surface area contributed by atoms with Crippen molar-refractivity contribution in [2.75, 3.05) is 52.5 Å². The van der Waals surface area contributed by atoms with Crippen LogP contribution in [0.3, 0.4) is 0 Å². The highest BCUT2D eigenvalue weighted by atomic mass is 19.4. The second kappa shape index (κ2) is 24.2. The van der Waals surface area contributed by atoms with Crippen LogP contribution in [0, 0.1) is 22.7 Å². The lowest BCUT2D eigenvalue weighted by molar-refractivity contribution is -0.192. The number of carboxylic acid groups (broad SMARTS) is 1. The number of hydrogen-bond acceptors (Lipinski definition) is 12. The number of aliphatic carboxylic acids is 1. The molecular weight excluding hydrogens is 1020 g/mol. The number of nitrogens with zero attached hydrogens (tertiary/aromatic N) is 6. The van der Waals surface area contributed by atoms with Gasteiger partial charge < -0.3 is 40.3 Å². The molecule has 0 saturated carbocycles. The van der Waals surface area contributed by atoms with Crippen LogP contribution in [0.5, 0.6) is 11.5 Å². The molecule has 0 bridgehead atoms. The van der Waals surface area contributed by atoms with Crippen LogP contribution in [-0.4, -0.2) is 137 Å². The molecule has 24 heteroatoms. The van der Waals surface area contributed by atoms with E-state index < -0.39 is 98.7 Å². The quantitative estimate of drug-likeness (QED) is 0.0524. The maximum atomic E-state index is 13.8. The molecule has 2 atom stereocenters. The summed E-state index contributed by atoms with van der Waals surface area (Å²) in [6, 6.07) is 29.9. The van der Waals surface area contributed by atoms with Gasteiger partial charge in [0, 0.05) is 42.6 Å². The highest BCUT2D eigenvalue weighted by Crippen LogP contribution is 2.34. The number of carboxylic acids is 1. The Morgan fingerprint density at radius 2 is 1.03 bits per heavy atom. The predicted octanol–water partition coefficient (Wildman–Crippen LogP) is 7.17. The molecule has 0 radical (unpaired) electrons. The standard InChI is InChI=1S/C51H45F4N9O6.C2HF3O2/c52-50(53)24-36(26-56)63(30-50)46(65)28-61-48(67)40-14-17-59-44-12-6-34(22-42(40)44)32-2-8-38(9-3-32)69-20-1-16-58-19-21-70-39-10-4-33(5-11-39)35-7-13-45-43(23-35)41(15-18-60-45)49(68)62-29-47(66)64-31-51(54,55)25-37(64)27-57;3-2(4,5)1(6)7/h2-15,17-18,22-23,36-37,58H,1,16,19-21,24-25,28-31H2,(H,61,67)(H,62,68);(H,6,7)/t36-,37-;/m0./s1. The van der Waals surface area contributed by atoms with Gasteiger partial charge in [-0.25, -0.2) is 22.4 Å². The minimum Gasteiger partial charge on any atom is -0.494 e. The van der Waals surface area contributed by atoms with E-state index in [1.165, 1.54) is 24.5 Å². The Morgan fingerprint density at radius 1 is 0.623 bits per heavy atom. The first-order chi connectivity index (χ1) is 36.6. The monoisotopic (exact) mass is 1070 g/mol. The summed E-state index contributed by atoms with van der Waals surface area (Å²) in [5.41, 5.74) is 4.93. The largest absolute Gasteiger partial charge is 0.494 e. The molecule has 4 N–H and O–H groups in total. The number of ether oxygens (including phenoxy) is 2. The minimum absolute atomic E-state index is 0.253. The van der Waals surface area contributed by atoms with Gasteiger partial charge in [0.05, 0.1) is 67.1 Å². The second-order valence-electron chi connectivity index (χ2n) is 17.7. The number of halogens is 7. The molecule has 2 saturated heterocycles. The number of benzene rings is 4. The van der Waals surface area contributed by atoms with Crippen molar-refractivity contribution in [2.45, 2.75) is 49.4 Å². The average molecular weight is 1070 g/mol. The van der Waals surface area contributed by atoms with Crippen LogP contribution in [0.25, 0.3) is 44.1 Å². The number of fused-ring (bicyclic) bond motifs is 2. The van der Waals surface area contributed by atoms with Crippen molar-refractivity contribution in [1.29, 1.82) is 10.5 Å². The smallest absolute Gasteiger partial charge is 0.490 e. The lowest BCUT2D eigenvalue weighted by Crippen LogP contribution is -2.43. The molecule has 2 aliphatic heterocycles. The van der Waals surface area contributed by atoms with E-state index in [0.717, 1.165) is 38.5 Å². The van der Waals surface area contributed by atoms with E-state index in [0.29, 0.717) is 59.6 Å². The van der Waals surface area contributed by atoms with Crippen molar-refractivity contribution in [3.05, 3.63) is 121 Å². The molecular formula is C53H46F7N9O8. The molecule has 400 valence electrons. The Balaban J connectivity index is 0.00000115. The summed E-state index contributed by atoms with van der Waals surface area (Å²) < 4.78 is 99.0. The SMILES string of the molecule is N#C[C@@H]1CC(F)(F)CN1C(=O)CNC(=O)c1ccnc2ccc(-c3ccc(OCCCNCCOc4ccc(-c5ccc6nccc(C(=O)NCC(=O)N7CC(F)(F)C[C@H]7C#N)c6c5)cc4)cc3)cc12.O=C(O)C(F)(F)F. The van der Waals surface area contributed by atoms with Gasteiger partial charge in [-0.15, -0.1) is 0 Å². The first kappa shape index (κ1) is 55.8. The fraction of sp³-hybridized carbons (Fsp3) is 0.302. The molecule has 2 aromatic heterocycles. The van der Waals surface area contributed by atoms with E-state index >= 15 is 0 Å². The van der Waals surface area contributed by atoms with E-state index in [1.54, 1.807) is 24.3 Å². The summed E-state index contributed by atoms with van der Waals surface area (Å²) in [5.74, 6) is -10.4. The van der Waals surface area contributed by atoms with Gasteiger partial charge in [0.25, 0.3) is 23.7 Å². The lowest BCUT2D eigenvalue weighted by atomic mass is 10.0. The number of pyridine rings is 2. The highest BCUT2D eigenvalue weighted by molar-refractivity contribution is 6.08. The van der Waals surface area contributed by atoms with E-state index in [-0.39, 0.29) is 11.1 Å². The van der Waals surface area contributed by atoms with E-state index in [9.17, 15) is 60.4 Å². The lowest BCUT2D eigenvalue weighted by Gasteiger charge is -2.19. The van der Waals surface area contributed by atoms with Crippen LogP contribution < -0.4 is 25.4 Å². The third-order valence-corrected chi connectivity index (χ3v) is 12.2. The maximum Gasteiger partial charge on any atom is 0.490 e. The topological polar surface area (TPSA) is 240 Å². The Morgan fingerprint density at radius 3 is 1.43 bits per heavy atom. The van der Waals surface area contributed by atoms with Crippen LogP contribution in [-0.2, 0) is 14.4 Å². The number of rotatable bonds is 17. The zero-order valence-corrected chi connectivity index (χ0v) is 40.5. The summed E-state index contributed by atoms with van der Waals surface area (Å²) in [6.45, 7) is -0.634. The van der Waals surface area contributed by atoms with Crippen molar-refractivity contribution in [2.24, 2.45) is 0 Å². The van der Waals surface area contributed by atoms with Gasteiger partial charge in [-0.1, -0.05) is 36.4 Å². The molecule has 0 unspecified atom stereocenters. The normalized spacial score (nSPS) is 16.4. The van der Waals surface area contributed by atoms with E-state index in [4.69, 9.17) is 19.4 Å². The Hall–Kier alpha value is -8.90. The maximum absolute atomic E-state index is 13.8. The number of aromatic nitrogens is 2. The van der Waals surface area contributed by atoms with Crippen LogP contribution in [0.15, 0.2) is 109 Å². The fourth-order valence-corrected chi connectivity index (χ4v) is 8.38. The molecule has 4 aromatic carbocycles. The van der Waals surface area contributed by atoms with Gasteiger partial charge in [0.2, 0.25) is 11.8 Å². The van der Waals surface area contributed by atoms with Crippen molar-refractivity contribution >= 4 is 51.4 Å². The minimum atomic E-state index is -5.08. The van der Waals surface area contributed by atoms with Gasteiger partial charge in [0.15, 0.2) is 0 Å². The molecule has 0 spiro atoms. The van der Waals surface area contributed by atoms with Crippen LogP contribution in [0.2, 0.25) is 0 Å². The number of carbonyl (C=O) groups excluding carboxylic acids is 4. The van der Waals surface area contributed by atoms with Crippen LogP contribution in [0.1, 0.15) is 40.0 Å². The number of alkyl halides is 7. The molecule has 6 aromatic rings. The number of likely N-dealkylation sites (tertiary alicyclic amines) is 2. The van der Waals surface area contributed by atoms with Crippen LogP contribution >= 0.6 is 0 Å². The molecule has 2 fully saturated rings. The number of nitriles is 2. The zero-order valence-electron chi connectivity index (χ0n) is 40.5. The summed E-state index contributed by atoms with van der Waals surface area (Å²) in [7, 11) is 0. The molecule has 4 amide bonds. The first-order valence-electron chi connectivity index (χ1n) is 23.6. The Bertz CT molecular complexity index is 3040. The van der Waals surface area contributed by atoms with Crippen molar-refractivity contribution < 1.29 is 69.3 Å². The molecule has 77 heavy (non-hydrogen) atoms. The second-order valence-corrected chi connectivity index (χ2v) is 17.7. The molecule has 2 aliphatic rings. The third-order valence-electron chi connectivity index (χ3n) is 12.2. The fourth-order valence-electron chi connectivity index (χ4n) is 8.38. The summed E-state index contributed by atoms with van der Waals surface area (Å²) in [4.78, 5) is 70.9. The third kappa shape index (κ3) is 14.5. The summed E-state index contributed by atoms with van der Waals surface area (Å²) in [5, 5.41) is 35.0. The number of nitrogens with one attached hydrogen (secondary N) is 3. The summed E-state index contributed by atoms with van der Waals surface area (Å²) in [6.07, 6.45) is -2.88. The van der Waals surface area contributed by atoms with Crippen LogP contribution in [0.4, 0.5) is 30.7 Å². The van der Waals surface area contributed by atoms with Crippen molar-refractivity contribution in [3.8, 4) is 45.9 Å². The van der Waals surface area contributed by atoms with Gasteiger partial charge >= 0.3 is 12.1 Å². The number of carbonyl (C=O) groups is 5. The Labute approximate surface area is 434 Å². The Kier molecular flexibility index (Phi) is 17.5. The van der Waals surface area contributed by atoms with Crippen molar-refractivity contribution in [3.63, 3.8) is 0 Å². The highest BCUT2D eigenvalue weighted by Gasteiger charge is 2.48. The first-order valence-corrected chi connectivity index (χ1v) is 23.6. The van der Waals surface area contributed by atoms with Gasteiger partial charge in [-0.05, 0) is 95.9 Å². The van der Waals surface area contributed by atoms with Gasteiger partial charge in [0.1, 0.15) is 30.2 Å². The van der Waals surface area contributed by atoms with Gasteiger partial charge in [-0.2, -0.15) is 23.7 Å². The molecule has 0 aliphatic carbocycles. The molecule has 17 nitrogen and oxygen atoms in total. The predicted molar refractivity (Wildman–Crippen MR) is 263 cm³/mol.